The summed E-state index contributed by atoms with van der Waals surface area (Å²) in [6, 6.07) is -0.955. The molecule has 0 bridgehead atoms. The summed E-state index contributed by atoms with van der Waals surface area (Å²) in [4.78, 5) is 23.4. The van der Waals surface area contributed by atoms with E-state index in [0.29, 0.717) is 0 Å². The molecule has 0 saturated carbocycles. The number of nitrogens with zero attached hydrogens (tertiary/aromatic N) is 1. The van der Waals surface area contributed by atoms with Crippen molar-refractivity contribution in [2.75, 3.05) is 19.8 Å². The second kappa shape index (κ2) is 7.04. The fourth-order valence-electron chi connectivity index (χ4n) is 0.440. The van der Waals surface area contributed by atoms with Crippen LogP contribution in [0.15, 0.2) is 4.99 Å². The number of ether oxygens (including phenoxy) is 1. The Kier molecular flexibility index (Phi) is 6.16. The average Bonchev–Trinajstić information content (AvgIpc) is 2.59. The number of primary amides is 1. The van der Waals surface area contributed by atoms with Gasteiger partial charge in [-0.15, -0.1) is 0 Å². The maximum absolute atomic E-state index is 9.96. The fourth-order valence-corrected chi connectivity index (χ4v) is 0.440. The Labute approximate surface area is 74.6 Å². The van der Waals surface area contributed by atoms with Gasteiger partial charge in [-0.3, -0.25) is 15.1 Å². The van der Waals surface area contributed by atoms with Crippen LogP contribution in [0.2, 0.25) is 0 Å². The molecule has 4 N–H and O–H groups in total. The number of carbonyl (C=O) groups excluding carboxylic acids is 2. The second-order valence-corrected chi connectivity index (χ2v) is 1.95. The van der Waals surface area contributed by atoms with Gasteiger partial charge in [0, 0.05) is 0 Å². The van der Waals surface area contributed by atoms with E-state index < -0.39 is 18.5 Å². The number of aliphatic hydroxyl groups excluding tert-OH is 1. The molecule has 7 nitrogen and oxygen atoms in total. The second-order valence-electron chi connectivity index (χ2n) is 1.95. The molecule has 0 aromatic heterocycles. The maximum Gasteiger partial charge on any atom is 0.318 e. The molecule has 1 rings (SSSR count). The minimum Gasteiger partial charge on any atom is -0.482 e. The lowest BCUT2D eigenvalue weighted by Gasteiger charge is -1.92. The first-order valence-corrected chi connectivity index (χ1v) is 3.47. The Bertz CT molecular complexity index is 198. The van der Waals surface area contributed by atoms with E-state index >= 15 is 0 Å². The van der Waals surface area contributed by atoms with E-state index in [4.69, 9.17) is 5.11 Å². The van der Waals surface area contributed by atoms with Gasteiger partial charge in [0.05, 0.1) is 6.54 Å². The highest BCUT2D eigenvalue weighted by Crippen LogP contribution is 1.78. The average molecular weight is 189 g/mol. The molecule has 0 atom stereocenters. The molecule has 0 unspecified atom stereocenters. The molecule has 3 amide bonds. The molecule has 7 heteroatoms. The van der Waals surface area contributed by atoms with Crippen LogP contribution in [0.1, 0.15) is 0 Å². The highest BCUT2D eigenvalue weighted by Gasteiger charge is 1.98. The van der Waals surface area contributed by atoms with Crippen LogP contribution in [-0.4, -0.2) is 43.2 Å². The van der Waals surface area contributed by atoms with E-state index in [-0.39, 0.29) is 0 Å². The molecule has 0 aromatic rings. The maximum atomic E-state index is 9.96. The van der Waals surface area contributed by atoms with Gasteiger partial charge in [-0.25, -0.2) is 4.79 Å². The summed E-state index contributed by atoms with van der Waals surface area (Å²) >= 11 is 0. The predicted octanol–water partition coefficient (Wildman–Crippen LogP) is -1.78. The first-order chi connectivity index (χ1) is 6.16. The van der Waals surface area contributed by atoms with Crippen LogP contribution in [0.4, 0.5) is 4.79 Å². The molecule has 1 aliphatic rings. The molecule has 74 valence electrons. The smallest absolute Gasteiger partial charge is 0.318 e. The van der Waals surface area contributed by atoms with Gasteiger partial charge in [0.15, 0.2) is 6.40 Å². The quantitative estimate of drug-likeness (QED) is 0.452. The number of aliphatic imine (C=N–C) groups is 1. The lowest BCUT2D eigenvalue weighted by Crippen LogP contribution is -2.36. The number of nitrogens with one attached hydrogen (secondary N) is 1. The largest absolute Gasteiger partial charge is 0.482 e. The Morgan fingerprint density at radius 2 is 2.38 bits per heavy atom. The van der Waals surface area contributed by atoms with Crippen LogP contribution in [0.5, 0.6) is 0 Å². The molecular formula is C6H11N3O4. The zero-order valence-electron chi connectivity index (χ0n) is 6.90. The van der Waals surface area contributed by atoms with Crippen molar-refractivity contribution < 1.29 is 19.4 Å². The van der Waals surface area contributed by atoms with Crippen LogP contribution in [0.3, 0.4) is 0 Å². The first-order valence-electron chi connectivity index (χ1n) is 3.47. The summed E-state index contributed by atoms with van der Waals surface area (Å²) in [5, 5.41) is 9.61. The van der Waals surface area contributed by atoms with Crippen molar-refractivity contribution in [1.29, 1.82) is 0 Å². The zero-order chi connectivity index (χ0) is 10.1. The molecule has 1 aliphatic heterocycles. The highest BCUT2D eigenvalue weighted by molar-refractivity contribution is 5.93. The van der Waals surface area contributed by atoms with Gasteiger partial charge in [-0.1, -0.05) is 0 Å². The Morgan fingerprint density at radius 1 is 1.69 bits per heavy atom. The number of rotatable bonds is 1. The zero-order valence-corrected chi connectivity index (χ0v) is 6.90. The normalized spacial score (nSPS) is 12.4. The number of hydrogen-bond acceptors (Lipinski definition) is 5. The van der Waals surface area contributed by atoms with Crippen LogP contribution in [-0.2, 0) is 9.53 Å². The third kappa shape index (κ3) is 8.27. The van der Waals surface area contributed by atoms with Gasteiger partial charge in [-0.2, -0.15) is 0 Å². The minimum atomic E-state index is -0.955. The van der Waals surface area contributed by atoms with E-state index in [2.05, 4.69) is 15.5 Å². The van der Waals surface area contributed by atoms with E-state index in [1.165, 1.54) is 6.40 Å². The summed E-state index contributed by atoms with van der Waals surface area (Å²) in [5.41, 5.74) is 4.49. The van der Waals surface area contributed by atoms with Crippen molar-refractivity contribution in [2.24, 2.45) is 10.7 Å². The number of hydrogen-bond donors (Lipinski definition) is 3. The van der Waals surface area contributed by atoms with E-state index in [1.54, 1.807) is 5.32 Å². The lowest BCUT2D eigenvalue weighted by molar-refractivity contribution is -0.122. The molecule has 0 saturated heterocycles. The van der Waals surface area contributed by atoms with Crippen molar-refractivity contribution in [3.05, 3.63) is 0 Å². The molecule has 0 radical (unpaired) electrons. The van der Waals surface area contributed by atoms with Gasteiger partial charge >= 0.3 is 6.03 Å². The summed E-state index contributed by atoms with van der Waals surface area (Å²) in [7, 11) is 0. The monoisotopic (exact) mass is 189 g/mol. The SMILES string of the molecule is C1=NCCO1.NC(=O)NC(=O)CO. The number of imide groups is 1. The number of amides is 3. The number of carbonyl (C=O) groups is 2. The Morgan fingerprint density at radius 3 is 2.54 bits per heavy atom. The van der Waals surface area contributed by atoms with Crippen LogP contribution >= 0.6 is 0 Å². The van der Waals surface area contributed by atoms with Gasteiger partial charge in [0.25, 0.3) is 5.91 Å². The van der Waals surface area contributed by atoms with E-state index in [0.717, 1.165) is 13.2 Å². The van der Waals surface area contributed by atoms with Gasteiger partial charge in [0.2, 0.25) is 0 Å². The summed E-state index contributed by atoms with van der Waals surface area (Å²) in [5.74, 6) is -0.794. The molecule has 0 spiro atoms. The number of urea groups is 1. The Balaban J connectivity index is 0.000000243. The molecule has 1 heterocycles. The topological polar surface area (TPSA) is 114 Å². The summed E-state index contributed by atoms with van der Waals surface area (Å²) < 4.78 is 4.65. The van der Waals surface area contributed by atoms with E-state index in [1.807, 2.05) is 0 Å². The summed E-state index contributed by atoms with van der Waals surface area (Å²) in [6.45, 7) is 0.906. The third-order valence-corrected chi connectivity index (χ3v) is 0.894. The predicted molar refractivity (Wildman–Crippen MR) is 44.1 cm³/mol. The van der Waals surface area contributed by atoms with Gasteiger partial charge in [0.1, 0.15) is 13.2 Å². The fraction of sp³-hybridized carbons (Fsp3) is 0.500. The van der Waals surface area contributed by atoms with Crippen molar-refractivity contribution in [3.63, 3.8) is 0 Å². The minimum absolute atomic E-state index is 0.719. The van der Waals surface area contributed by atoms with Crippen LogP contribution in [0.25, 0.3) is 0 Å². The molecule has 0 fully saturated rings. The number of nitrogens with two attached hydrogens (primary N) is 1. The number of aliphatic hydroxyl groups is 1. The van der Waals surface area contributed by atoms with E-state index in [9.17, 15) is 9.59 Å². The molecular weight excluding hydrogens is 178 g/mol. The van der Waals surface area contributed by atoms with Crippen molar-refractivity contribution in [1.82, 2.24) is 5.32 Å². The van der Waals surface area contributed by atoms with Gasteiger partial charge < -0.3 is 15.6 Å². The molecule has 0 aromatic carbocycles. The van der Waals surface area contributed by atoms with Crippen LogP contribution < -0.4 is 11.1 Å². The van der Waals surface area contributed by atoms with Gasteiger partial charge in [-0.05, 0) is 0 Å². The first kappa shape index (κ1) is 11.4. The Hall–Kier alpha value is -1.63. The lowest BCUT2D eigenvalue weighted by atomic mass is 10.6. The van der Waals surface area contributed by atoms with Crippen LogP contribution in [0, 0.1) is 0 Å². The standard InChI is InChI=1S/C3H6N2O3.C3H5NO/c4-3(8)5-2(7)1-6;1-2-5-3-4-1/h6H,1H2,(H3,4,5,7,8);3H,1-2H2. The molecule has 13 heavy (non-hydrogen) atoms. The van der Waals surface area contributed by atoms with Crippen molar-refractivity contribution in [2.45, 2.75) is 0 Å². The third-order valence-electron chi connectivity index (χ3n) is 0.894. The van der Waals surface area contributed by atoms with Crippen molar-refractivity contribution >= 4 is 18.3 Å². The van der Waals surface area contributed by atoms with Crippen molar-refractivity contribution in [3.8, 4) is 0 Å². The highest BCUT2D eigenvalue weighted by atomic mass is 16.5. The molecule has 0 aliphatic carbocycles. The summed E-state index contributed by atoms with van der Waals surface area (Å²) in [6.07, 6.45) is 1.49.